The van der Waals surface area contributed by atoms with E-state index in [1.165, 1.54) is 23.4 Å². The maximum atomic E-state index is 14.1. The number of benzene rings is 1. The van der Waals surface area contributed by atoms with Gasteiger partial charge in [0, 0.05) is 24.3 Å². The molecular weight excluding hydrogens is 501 g/mol. The molecule has 2 saturated heterocycles. The van der Waals surface area contributed by atoms with Gasteiger partial charge in [-0.3, -0.25) is 4.90 Å². The first-order valence-electron chi connectivity index (χ1n) is 12.8. The van der Waals surface area contributed by atoms with Gasteiger partial charge in [0.15, 0.2) is 0 Å². The minimum Gasteiger partial charge on any atom is -0.491 e. The summed E-state index contributed by atoms with van der Waals surface area (Å²) in [4.78, 5) is 22.6. The standard InChI is InChI=1S/C27H35F3N4O4/c1-17-13-26(5,34(17)24(35)38-25(2,3)4)15-37-22-9-8-18(11-20(22)27(28,29)30)21-12-23(32-16-31-21)33-19-7-6-10-36-14-19/h8-9,11-12,16-17,19H,6-7,10,13-15H2,1-5H3,(H,31,32,33)/t17?,19?,26-/m0/s1. The third-order valence-electron chi connectivity index (χ3n) is 6.65. The van der Waals surface area contributed by atoms with Crippen molar-refractivity contribution < 1.29 is 32.2 Å². The van der Waals surface area contributed by atoms with Crippen molar-refractivity contribution in [1.82, 2.24) is 14.9 Å². The molecule has 1 aromatic carbocycles. The van der Waals surface area contributed by atoms with Crippen LogP contribution < -0.4 is 10.1 Å². The lowest BCUT2D eigenvalue weighted by Crippen LogP contribution is -2.68. The van der Waals surface area contributed by atoms with E-state index in [1.807, 2.05) is 6.92 Å². The second-order valence-electron chi connectivity index (χ2n) is 11.2. The number of hydrogen-bond acceptors (Lipinski definition) is 7. The highest BCUT2D eigenvalue weighted by Gasteiger charge is 2.51. The summed E-state index contributed by atoms with van der Waals surface area (Å²) >= 11 is 0. The zero-order chi connectivity index (χ0) is 27.7. The molecule has 2 fully saturated rings. The largest absolute Gasteiger partial charge is 0.491 e. The first-order chi connectivity index (χ1) is 17.7. The molecule has 2 aromatic rings. The zero-order valence-corrected chi connectivity index (χ0v) is 22.4. The molecule has 0 bridgehead atoms. The van der Waals surface area contributed by atoms with Crippen LogP contribution in [0.2, 0.25) is 0 Å². The molecule has 208 valence electrons. The summed E-state index contributed by atoms with van der Waals surface area (Å²) in [5.74, 6) is 0.214. The van der Waals surface area contributed by atoms with Crippen molar-refractivity contribution in [1.29, 1.82) is 0 Å². The van der Waals surface area contributed by atoms with Gasteiger partial charge in [-0.2, -0.15) is 13.2 Å². The number of likely N-dealkylation sites (tertiary alicyclic amines) is 1. The van der Waals surface area contributed by atoms with E-state index < -0.39 is 29.0 Å². The van der Waals surface area contributed by atoms with Gasteiger partial charge in [0.05, 0.1) is 29.4 Å². The number of carbonyl (C=O) groups is 1. The summed E-state index contributed by atoms with van der Waals surface area (Å²) in [5.41, 5.74) is -1.75. The Labute approximate surface area is 220 Å². The number of nitrogens with one attached hydrogen (secondary N) is 1. The summed E-state index contributed by atoms with van der Waals surface area (Å²) in [6.07, 6.45) is -1.41. The average molecular weight is 537 g/mol. The fourth-order valence-electron chi connectivity index (χ4n) is 5.01. The number of halogens is 3. The number of nitrogens with zero attached hydrogens (tertiary/aromatic N) is 3. The topological polar surface area (TPSA) is 85.8 Å². The number of rotatable bonds is 6. The highest BCUT2D eigenvalue weighted by Crippen LogP contribution is 2.42. The SMILES string of the molecule is CC1C[C@@](C)(COc2ccc(-c3cc(NC4CCCOC4)ncn3)cc2C(F)(F)F)N1C(=O)OC(C)(C)C. The average Bonchev–Trinajstić information content (AvgIpc) is 2.81. The van der Waals surface area contributed by atoms with E-state index >= 15 is 0 Å². The van der Waals surface area contributed by atoms with Gasteiger partial charge in [-0.1, -0.05) is 0 Å². The third-order valence-corrected chi connectivity index (χ3v) is 6.65. The first kappa shape index (κ1) is 27.9. The number of alkyl halides is 3. The van der Waals surface area contributed by atoms with Crippen LogP contribution in [0.25, 0.3) is 11.3 Å². The quantitative estimate of drug-likeness (QED) is 0.491. The maximum Gasteiger partial charge on any atom is 0.419 e. The Morgan fingerprint density at radius 2 is 2.00 bits per heavy atom. The van der Waals surface area contributed by atoms with Crippen molar-refractivity contribution in [2.45, 2.75) is 83.3 Å². The lowest BCUT2D eigenvalue weighted by atomic mass is 9.81. The van der Waals surface area contributed by atoms with Gasteiger partial charge < -0.3 is 19.5 Å². The lowest BCUT2D eigenvalue weighted by molar-refractivity contribution is -0.140. The molecule has 1 amide bonds. The Morgan fingerprint density at radius 3 is 2.63 bits per heavy atom. The molecule has 2 aliphatic rings. The molecule has 1 aromatic heterocycles. The highest BCUT2D eigenvalue weighted by atomic mass is 19.4. The summed E-state index contributed by atoms with van der Waals surface area (Å²) < 4.78 is 58.9. The van der Waals surface area contributed by atoms with Crippen LogP contribution in [-0.2, 0) is 15.7 Å². The van der Waals surface area contributed by atoms with Gasteiger partial charge >= 0.3 is 12.3 Å². The summed E-state index contributed by atoms with van der Waals surface area (Å²) in [6.45, 7) is 10.1. The van der Waals surface area contributed by atoms with E-state index in [4.69, 9.17) is 14.2 Å². The number of carbonyl (C=O) groups excluding carboxylic acids is 1. The molecule has 2 unspecified atom stereocenters. The number of ether oxygens (including phenoxy) is 3. The predicted molar refractivity (Wildman–Crippen MR) is 136 cm³/mol. The molecule has 0 radical (unpaired) electrons. The normalized spacial score (nSPS) is 23.9. The van der Waals surface area contributed by atoms with Crippen molar-refractivity contribution in [2.75, 3.05) is 25.1 Å². The minimum atomic E-state index is -4.66. The summed E-state index contributed by atoms with van der Waals surface area (Å²) in [6, 6.07) is 5.47. The molecule has 1 N–H and O–H groups in total. The smallest absolute Gasteiger partial charge is 0.419 e. The first-order valence-corrected chi connectivity index (χ1v) is 12.8. The van der Waals surface area contributed by atoms with Gasteiger partial charge in [0.2, 0.25) is 0 Å². The molecule has 8 nitrogen and oxygen atoms in total. The van der Waals surface area contributed by atoms with Crippen molar-refractivity contribution in [2.24, 2.45) is 0 Å². The number of anilines is 1. The Morgan fingerprint density at radius 1 is 1.24 bits per heavy atom. The Hall–Kier alpha value is -3.08. The molecule has 4 rings (SSSR count). The molecule has 11 heteroatoms. The highest BCUT2D eigenvalue weighted by molar-refractivity contribution is 5.71. The van der Waals surface area contributed by atoms with Gasteiger partial charge in [-0.15, -0.1) is 0 Å². The third kappa shape index (κ3) is 6.48. The van der Waals surface area contributed by atoms with Crippen LogP contribution in [0.15, 0.2) is 30.6 Å². The van der Waals surface area contributed by atoms with E-state index in [0.717, 1.165) is 25.5 Å². The van der Waals surface area contributed by atoms with Gasteiger partial charge in [-0.05, 0) is 72.1 Å². The second-order valence-corrected chi connectivity index (χ2v) is 11.2. The molecule has 0 saturated carbocycles. The van der Waals surface area contributed by atoms with E-state index in [-0.39, 0.29) is 30.0 Å². The molecule has 0 spiro atoms. The minimum absolute atomic E-state index is 0.0869. The fraction of sp³-hybridized carbons (Fsp3) is 0.593. The molecular formula is C27H35F3N4O4. The summed E-state index contributed by atoms with van der Waals surface area (Å²) in [5, 5.41) is 3.26. The number of hydrogen-bond donors (Lipinski definition) is 1. The molecule has 3 heterocycles. The van der Waals surface area contributed by atoms with Crippen LogP contribution in [-0.4, -0.2) is 64.0 Å². The van der Waals surface area contributed by atoms with E-state index in [2.05, 4.69) is 15.3 Å². The van der Waals surface area contributed by atoms with Crippen molar-refractivity contribution in [3.05, 3.63) is 36.2 Å². The molecule has 38 heavy (non-hydrogen) atoms. The Kier molecular flexibility index (Phi) is 7.79. The Bertz CT molecular complexity index is 1150. The van der Waals surface area contributed by atoms with Crippen LogP contribution in [0, 0.1) is 0 Å². The van der Waals surface area contributed by atoms with Crippen molar-refractivity contribution in [3.63, 3.8) is 0 Å². The van der Waals surface area contributed by atoms with Crippen LogP contribution in [0.5, 0.6) is 5.75 Å². The predicted octanol–water partition coefficient (Wildman–Crippen LogP) is 5.92. The molecule has 2 aliphatic heterocycles. The second kappa shape index (κ2) is 10.6. The van der Waals surface area contributed by atoms with Crippen LogP contribution >= 0.6 is 0 Å². The van der Waals surface area contributed by atoms with Gasteiger partial charge in [0.1, 0.15) is 30.1 Å². The van der Waals surface area contributed by atoms with Crippen molar-refractivity contribution >= 4 is 11.9 Å². The summed E-state index contributed by atoms with van der Waals surface area (Å²) in [7, 11) is 0. The number of amides is 1. The van der Waals surface area contributed by atoms with Crippen LogP contribution in [0.3, 0.4) is 0 Å². The van der Waals surface area contributed by atoms with Gasteiger partial charge in [-0.25, -0.2) is 14.8 Å². The molecule has 3 atom stereocenters. The maximum absolute atomic E-state index is 14.1. The van der Waals surface area contributed by atoms with E-state index in [1.54, 1.807) is 33.8 Å². The van der Waals surface area contributed by atoms with Crippen molar-refractivity contribution in [3.8, 4) is 17.0 Å². The van der Waals surface area contributed by atoms with E-state index in [9.17, 15) is 18.0 Å². The van der Waals surface area contributed by atoms with Crippen LogP contribution in [0.4, 0.5) is 23.8 Å². The lowest BCUT2D eigenvalue weighted by Gasteiger charge is -2.54. The monoisotopic (exact) mass is 536 g/mol. The fourth-order valence-corrected chi connectivity index (χ4v) is 5.01. The number of aromatic nitrogens is 2. The Balaban J connectivity index is 1.52. The molecule has 0 aliphatic carbocycles. The zero-order valence-electron chi connectivity index (χ0n) is 22.4. The van der Waals surface area contributed by atoms with Gasteiger partial charge in [0.25, 0.3) is 0 Å². The van der Waals surface area contributed by atoms with Crippen LogP contribution in [0.1, 0.15) is 59.4 Å². The van der Waals surface area contributed by atoms with E-state index in [0.29, 0.717) is 24.5 Å².